The molecule has 86 valence electrons. The van der Waals surface area contributed by atoms with Gasteiger partial charge in [-0.3, -0.25) is 0 Å². The number of pyridine rings is 1. The van der Waals surface area contributed by atoms with E-state index >= 15 is 0 Å². The van der Waals surface area contributed by atoms with E-state index in [2.05, 4.69) is 4.98 Å². The summed E-state index contributed by atoms with van der Waals surface area (Å²) in [5, 5.41) is 8.75. The van der Waals surface area contributed by atoms with E-state index < -0.39 is 5.97 Å². The number of benzene rings is 1. The Morgan fingerprint density at radius 1 is 1.18 bits per heavy atom. The van der Waals surface area contributed by atoms with Gasteiger partial charge in [-0.1, -0.05) is 6.07 Å². The van der Waals surface area contributed by atoms with Crippen LogP contribution in [-0.2, 0) is 0 Å². The zero-order chi connectivity index (χ0) is 12.3. The van der Waals surface area contributed by atoms with E-state index in [9.17, 15) is 4.79 Å². The molecule has 2 rings (SSSR count). The summed E-state index contributed by atoms with van der Waals surface area (Å²) in [5.74, 6) is 0.103. The molecule has 0 aliphatic carbocycles. The summed E-state index contributed by atoms with van der Waals surface area (Å²) in [6.45, 7) is 1.88. The Morgan fingerprint density at radius 2 is 1.88 bits per heavy atom. The first-order valence-corrected chi connectivity index (χ1v) is 5.10. The number of nitrogens with zero attached hydrogens (tertiary/aromatic N) is 1. The minimum Gasteiger partial charge on any atom is -0.478 e. The highest BCUT2D eigenvalue weighted by Crippen LogP contribution is 2.19. The average Bonchev–Trinajstić information content (AvgIpc) is 2.29. The van der Waals surface area contributed by atoms with E-state index in [1.54, 1.807) is 18.2 Å². The molecule has 0 aliphatic rings. The van der Waals surface area contributed by atoms with Gasteiger partial charge in [0.1, 0.15) is 5.75 Å². The molecule has 1 aromatic heterocycles. The molecule has 4 nitrogen and oxygen atoms in total. The lowest BCUT2D eigenvalue weighted by atomic mass is 10.2. The second kappa shape index (κ2) is 4.65. The predicted octanol–water partition coefficient (Wildman–Crippen LogP) is 2.88. The van der Waals surface area contributed by atoms with Crippen molar-refractivity contribution in [2.45, 2.75) is 6.92 Å². The minimum atomic E-state index is -0.953. The molecular weight excluding hydrogens is 218 g/mol. The highest BCUT2D eigenvalue weighted by atomic mass is 16.5. The van der Waals surface area contributed by atoms with Crippen LogP contribution in [0.3, 0.4) is 0 Å². The van der Waals surface area contributed by atoms with E-state index in [-0.39, 0.29) is 5.56 Å². The summed E-state index contributed by atoms with van der Waals surface area (Å²) >= 11 is 0. The van der Waals surface area contributed by atoms with Crippen LogP contribution in [0.2, 0.25) is 0 Å². The van der Waals surface area contributed by atoms with E-state index in [4.69, 9.17) is 9.84 Å². The highest BCUT2D eigenvalue weighted by molar-refractivity contribution is 5.87. The van der Waals surface area contributed by atoms with Crippen molar-refractivity contribution in [2.75, 3.05) is 0 Å². The van der Waals surface area contributed by atoms with Crippen molar-refractivity contribution in [1.82, 2.24) is 4.98 Å². The number of hydrogen-bond acceptors (Lipinski definition) is 3. The van der Waals surface area contributed by atoms with Gasteiger partial charge in [0.15, 0.2) is 0 Å². The van der Waals surface area contributed by atoms with Crippen LogP contribution >= 0.6 is 0 Å². The van der Waals surface area contributed by atoms with Gasteiger partial charge in [-0.2, -0.15) is 0 Å². The van der Waals surface area contributed by atoms with Crippen LogP contribution in [0, 0.1) is 6.92 Å². The van der Waals surface area contributed by atoms with E-state index in [0.717, 1.165) is 5.69 Å². The summed E-state index contributed by atoms with van der Waals surface area (Å²) in [5.41, 5.74) is 1.10. The largest absolute Gasteiger partial charge is 0.478 e. The number of carbonyl (C=O) groups is 1. The Labute approximate surface area is 98.5 Å². The number of aromatic nitrogens is 1. The van der Waals surface area contributed by atoms with Gasteiger partial charge < -0.3 is 9.84 Å². The quantitative estimate of drug-likeness (QED) is 0.879. The fourth-order valence-electron chi connectivity index (χ4n) is 1.36. The number of hydrogen-bond donors (Lipinski definition) is 1. The Balaban J connectivity index is 2.16. The van der Waals surface area contributed by atoms with Crippen LogP contribution < -0.4 is 4.74 Å². The molecule has 4 heteroatoms. The molecule has 0 radical (unpaired) electrons. The van der Waals surface area contributed by atoms with Crippen LogP contribution in [0.25, 0.3) is 0 Å². The Hall–Kier alpha value is -2.36. The van der Waals surface area contributed by atoms with Crippen molar-refractivity contribution < 1.29 is 14.6 Å². The molecule has 1 N–H and O–H groups in total. The first-order valence-electron chi connectivity index (χ1n) is 5.10. The molecule has 2 aromatic rings. The van der Waals surface area contributed by atoms with Gasteiger partial charge in [-0.15, -0.1) is 0 Å². The number of carboxylic acids is 1. The van der Waals surface area contributed by atoms with Crippen molar-refractivity contribution in [1.29, 1.82) is 0 Å². The van der Waals surface area contributed by atoms with Crippen LogP contribution in [0.4, 0.5) is 0 Å². The minimum absolute atomic E-state index is 0.231. The predicted molar refractivity (Wildman–Crippen MR) is 62.4 cm³/mol. The Morgan fingerprint density at radius 3 is 2.47 bits per heavy atom. The van der Waals surface area contributed by atoms with Crippen LogP contribution in [-0.4, -0.2) is 16.1 Å². The number of ether oxygens (including phenoxy) is 1. The van der Waals surface area contributed by atoms with Crippen LogP contribution in [0.15, 0.2) is 42.5 Å². The summed E-state index contributed by atoms with van der Waals surface area (Å²) in [6.07, 6.45) is 0. The van der Waals surface area contributed by atoms with Gasteiger partial charge in [0.2, 0.25) is 5.88 Å². The number of rotatable bonds is 3. The van der Waals surface area contributed by atoms with Gasteiger partial charge in [0.25, 0.3) is 0 Å². The molecular formula is C13H11NO3. The Bertz CT molecular complexity index is 535. The number of aromatic carboxylic acids is 1. The fraction of sp³-hybridized carbons (Fsp3) is 0.0769. The zero-order valence-electron chi connectivity index (χ0n) is 9.25. The van der Waals surface area contributed by atoms with Crippen molar-refractivity contribution in [2.24, 2.45) is 0 Å². The maximum Gasteiger partial charge on any atom is 0.335 e. The molecule has 0 saturated carbocycles. The molecule has 0 fully saturated rings. The lowest BCUT2D eigenvalue weighted by Crippen LogP contribution is -1.95. The first-order chi connectivity index (χ1) is 8.15. The zero-order valence-corrected chi connectivity index (χ0v) is 9.25. The van der Waals surface area contributed by atoms with Gasteiger partial charge >= 0.3 is 5.97 Å². The normalized spacial score (nSPS) is 9.94. The molecule has 17 heavy (non-hydrogen) atoms. The summed E-state index contributed by atoms with van der Waals surface area (Å²) in [4.78, 5) is 14.8. The maximum atomic E-state index is 10.7. The molecule has 0 aliphatic heterocycles. The van der Waals surface area contributed by atoms with E-state index in [0.29, 0.717) is 11.6 Å². The second-order valence-corrected chi connectivity index (χ2v) is 3.55. The van der Waals surface area contributed by atoms with Crippen molar-refractivity contribution >= 4 is 5.97 Å². The third-order valence-corrected chi connectivity index (χ3v) is 2.19. The first kappa shape index (κ1) is 11.1. The molecule has 0 atom stereocenters. The topological polar surface area (TPSA) is 59.4 Å². The SMILES string of the molecule is Cc1cccc(Oc2ccc(C(=O)O)cc2)n1. The molecule has 0 bridgehead atoms. The molecule has 1 aromatic carbocycles. The van der Waals surface area contributed by atoms with Crippen LogP contribution in [0.5, 0.6) is 11.6 Å². The van der Waals surface area contributed by atoms with Crippen molar-refractivity contribution in [3.05, 3.63) is 53.7 Å². The second-order valence-electron chi connectivity index (χ2n) is 3.55. The summed E-state index contributed by atoms with van der Waals surface area (Å²) in [6, 6.07) is 11.7. The molecule has 0 amide bonds. The highest BCUT2D eigenvalue weighted by Gasteiger charge is 2.03. The lowest BCUT2D eigenvalue weighted by Gasteiger charge is -2.05. The monoisotopic (exact) mass is 229 g/mol. The van der Waals surface area contributed by atoms with Gasteiger partial charge in [-0.05, 0) is 37.3 Å². The lowest BCUT2D eigenvalue weighted by molar-refractivity contribution is 0.0697. The number of aryl methyl sites for hydroxylation is 1. The van der Waals surface area contributed by atoms with Crippen molar-refractivity contribution in [3.8, 4) is 11.6 Å². The molecule has 0 unspecified atom stereocenters. The average molecular weight is 229 g/mol. The van der Waals surface area contributed by atoms with Crippen molar-refractivity contribution in [3.63, 3.8) is 0 Å². The van der Waals surface area contributed by atoms with E-state index in [1.807, 2.05) is 19.1 Å². The Kier molecular flexibility index (Phi) is 3.05. The van der Waals surface area contributed by atoms with Gasteiger partial charge in [0.05, 0.1) is 5.56 Å². The third kappa shape index (κ3) is 2.81. The number of carboxylic acid groups (broad SMARTS) is 1. The van der Waals surface area contributed by atoms with Crippen LogP contribution in [0.1, 0.15) is 16.1 Å². The van der Waals surface area contributed by atoms with Gasteiger partial charge in [-0.25, -0.2) is 9.78 Å². The summed E-state index contributed by atoms with van der Waals surface area (Å²) < 4.78 is 5.49. The standard InChI is InChI=1S/C13H11NO3/c1-9-3-2-4-12(14-9)17-11-7-5-10(6-8-11)13(15)16/h2-8H,1H3,(H,15,16). The smallest absolute Gasteiger partial charge is 0.335 e. The molecule has 0 saturated heterocycles. The fourth-order valence-corrected chi connectivity index (χ4v) is 1.36. The maximum absolute atomic E-state index is 10.7. The summed E-state index contributed by atoms with van der Waals surface area (Å²) in [7, 11) is 0. The van der Waals surface area contributed by atoms with E-state index in [1.165, 1.54) is 12.1 Å². The molecule has 1 heterocycles. The molecule has 0 spiro atoms. The van der Waals surface area contributed by atoms with Gasteiger partial charge in [0, 0.05) is 11.8 Å². The third-order valence-electron chi connectivity index (χ3n) is 2.19.